The van der Waals surface area contributed by atoms with Crippen molar-refractivity contribution < 1.29 is 17.8 Å². The van der Waals surface area contributed by atoms with Crippen LogP contribution in [0.1, 0.15) is 30.7 Å². The number of amides is 2. The second-order valence-electron chi connectivity index (χ2n) is 8.11. The molecule has 0 aliphatic heterocycles. The normalized spacial score (nSPS) is 12.2. The van der Waals surface area contributed by atoms with Crippen LogP contribution < -0.4 is 37.7 Å². The third-order valence-corrected chi connectivity index (χ3v) is 5.49. The first-order chi connectivity index (χ1) is 17.0. The molecule has 0 spiro atoms. The highest BCUT2D eigenvalue weighted by atomic mass is 32.2. The Kier molecular flexibility index (Phi) is 11.5. The van der Waals surface area contributed by atoms with Crippen LogP contribution >= 0.6 is 0 Å². The topological polar surface area (TPSA) is 223 Å². The van der Waals surface area contributed by atoms with Gasteiger partial charge in [-0.05, 0) is 33.2 Å². The molecule has 15 nitrogen and oxygen atoms in total. The zero-order valence-electron chi connectivity index (χ0n) is 20.2. The molecule has 8 N–H and O–H groups in total. The quantitative estimate of drug-likeness (QED) is 0.0818. The molecule has 0 saturated heterocycles. The summed E-state index contributed by atoms with van der Waals surface area (Å²) in [6.45, 7) is 4.70. The van der Waals surface area contributed by atoms with Gasteiger partial charge in [0.15, 0.2) is 0 Å². The van der Waals surface area contributed by atoms with Crippen LogP contribution in [-0.2, 0) is 10.1 Å². The molecular formula is C20H33N9O6S. The highest BCUT2D eigenvalue weighted by Gasteiger charge is 2.14. The van der Waals surface area contributed by atoms with Crippen molar-refractivity contribution >= 4 is 28.0 Å². The lowest BCUT2D eigenvalue weighted by Gasteiger charge is -2.19. The van der Waals surface area contributed by atoms with Gasteiger partial charge in [0, 0.05) is 42.7 Å². The Hall–Kier alpha value is -3.34. The van der Waals surface area contributed by atoms with Crippen molar-refractivity contribution in [1.82, 2.24) is 35.9 Å². The first-order valence-electron chi connectivity index (χ1n) is 11.3. The van der Waals surface area contributed by atoms with E-state index in [1.165, 1.54) is 12.1 Å². The fourth-order valence-electron chi connectivity index (χ4n) is 3.21. The van der Waals surface area contributed by atoms with Gasteiger partial charge in [0.2, 0.25) is 11.9 Å². The monoisotopic (exact) mass is 527 g/mol. The number of unbranched alkanes of at least 4 members (excludes halogenated alkanes) is 1. The maximum atomic E-state index is 12.4. The van der Waals surface area contributed by atoms with Gasteiger partial charge in [-0.1, -0.05) is 6.42 Å². The van der Waals surface area contributed by atoms with Gasteiger partial charge in [-0.15, -0.1) is 0 Å². The van der Waals surface area contributed by atoms with Crippen molar-refractivity contribution in [3.63, 3.8) is 0 Å². The molecule has 2 aromatic rings. The Labute approximate surface area is 208 Å². The smallest absolute Gasteiger partial charge is 0.321 e. The van der Waals surface area contributed by atoms with Crippen molar-refractivity contribution in [2.24, 2.45) is 0 Å². The average Bonchev–Trinajstić information content (AvgIpc) is 2.73. The summed E-state index contributed by atoms with van der Waals surface area (Å²) in [5, 5.41) is 14.3. The summed E-state index contributed by atoms with van der Waals surface area (Å²) in [6, 6.07) is 1.76. The number of carbonyl (C=O) groups is 1. The Bertz CT molecular complexity index is 1210. The molecule has 200 valence electrons. The highest BCUT2D eigenvalue weighted by molar-refractivity contribution is 7.85. The minimum atomic E-state index is -4.09. The van der Waals surface area contributed by atoms with Crippen LogP contribution in [0.25, 0.3) is 0 Å². The number of H-pyrrole nitrogens is 2. The average molecular weight is 528 g/mol. The van der Waals surface area contributed by atoms with E-state index in [1.54, 1.807) is 13.8 Å². The molecular weight excluding hydrogens is 494 g/mol. The number of nitrogens with zero attached hydrogens (tertiary/aromatic N) is 2. The fraction of sp³-hybridized carbons (Fsp3) is 0.550. The third-order valence-electron chi connectivity index (χ3n) is 4.77. The molecule has 0 aliphatic carbocycles. The van der Waals surface area contributed by atoms with E-state index in [1.807, 2.05) is 0 Å². The van der Waals surface area contributed by atoms with Crippen LogP contribution in [0.2, 0.25) is 0 Å². The van der Waals surface area contributed by atoms with Gasteiger partial charge in [-0.2, -0.15) is 8.42 Å². The molecule has 0 radical (unpaired) electrons. The van der Waals surface area contributed by atoms with Crippen LogP contribution in [0, 0.1) is 13.8 Å². The van der Waals surface area contributed by atoms with Crippen LogP contribution in [0.5, 0.6) is 0 Å². The molecule has 16 heteroatoms. The Morgan fingerprint density at radius 2 is 1.64 bits per heavy atom. The van der Waals surface area contributed by atoms with E-state index in [4.69, 9.17) is 4.55 Å². The lowest BCUT2D eigenvalue weighted by atomic mass is 10.1. The van der Waals surface area contributed by atoms with Crippen molar-refractivity contribution in [2.45, 2.75) is 39.2 Å². The number of hydrogen-bond donors (Lipinski definition) is 8. The van der Waals surface area contributed by atoms with Gasteiger partial charge in [-0.3, -0.25) is 34.7 Å². The summed E-state index contributed by atoms with van der Waals surface area (Å²) in [5.41, 5.74) is 0.428. The van der Waals surface area contributed by atoms with Crippen LogP contribution in [-0.4, -0.2) is 77.0 Å². The predicted molar refractivity (Wildman–Crippen MR) is 135 cm³/mol. The van der Waals surface area contributed by atoms with Gasteiger partial charge >= 0.3 is 6.03 Å². The first-order valence-corrected chi connectivity index (χ1v) is 12.9. The predicted octanol–water partition coefficient (Wildman–Crippen LogP) is -0.733. The highest BCUT2D eigenvalue weighted by Crippen LogP contribution is 2.02. The zero-order valence-corrected chi connectivity index (χ0v) is 21.0. The van der Waals surface area contributed by atoms with Crippen molar-refractivity contribution in [2.75, 3.05) is 42.7 Å². The second kappa shape index (κ2) is 14.3. The molecule has 0 fully saturated rings. The lowest BCUT2D eigenvalue weighted by Crippen LogP contribution is -2.45. The molecule has 36 heavy (non-hydrogen) atoms. The summed E-state index contributed by atoms with van der Waals surface area (Å²) < 4.78 is 30.7. The second-order valence-corrected chi connectivity index (χ2v) is 9.68. The number of aromatic nitrogens is 4. The molecule has 2 aromatic heterocycles. The van der Waals surface area contributed by atoms with E-state index >= 15 is 0 Å². The molecule has 0 saturated carbocycles. The molecule has 2 rings (SSSR count). The number of anilines is 2. The van der Waals surface area contributed by atoms with E-state index < -0.39 is 27.5 Å². The molecule has 0 aromatic carbocycles. The number of hydrogen-bond acceptors (Lipinski definition) is 10. The fourth-order valence-corrected chi connectivity index (χ4v) is 3.61. The van der Waals surface area contributed by atoms with Gasteiger partial charge in [0.25, 0.3) is 21.2 Å². The number of carbonyl (C=O) groups excluding carboxylic acids is 1. The molecule has 1 atom stereocenters. The van der Waals surface area contributed by atoms with Gasteiger partial charge in [0.1, 0.15) is 0 Å². The van der Waals surface area contributed by atoms with E-state index in [9.17, 15) is 22.8 Å². The minimum absolute atomic E-state index is 0.0109. The van der Waals surface area contributed by atoms with Crippen molar-refractivity contribution in [1.29, 1.82) is 0 Å². The number of aryl methyl sites for hydroxylation is 2. The minimum Gasteiger partial charge on any atom is -0.343 e. The number of rotatable bonds is 15. The van der Waals surface area contributed by atoms with Crippen LogP contribution in [0.15, 0.2) is 21.7 Å². The van der Waals surface area contributed by atoms with Gasteiger partial charge < -0.3 is 16.0 Å². The summed E-state index contributed by atoms with van der Waals surface area (Å²) in [7, 11) is -4.09. The molecule has 1 unspecified atom stereocenters. The number of nitrogens with one attached hydrogen (secondary N) is 7. The van der Waals surface area contributed by atoms with E-state index in [0.717, 1.165) is 12.8 Å². The Morgan fingerprint density at radius 1 is 1.00 bits per heavy atom. The van der Waals surface area contributed by atoms with Crippen LogP contribution in [0.3, 0.4) is 0 Å². The number of aromatic amines is 2. The number of urea groups is 1. The van der Waals surface area contributed by atoms with E-state index in [2.05, 4.69) is 46.5 Å². The third kappa shape index (κ3) is 12.4. The maximum Gasteiger partial charge on any atom is 0.321 e. The molecule has 0 bridgehead atoms. The Morgan fingerprint density at radius 3 is 2.28 bits per heavy atom. The van der Waals surface area contributed by atoms with Gasteiger partial charge in [0.05, 0.1) is 12.4 Å². The standard InChI is InChI=1S/C20H33N9O6S/c1-13-9-16(30)27-18(24-13)23-12-22-6-4-3-5-15(11-21-7-8-36(33,34)35)26-20(32)29-19-25-14(2)10-17(31)28-19/h9-10,15,21-22H,3-8,11-12H2,1-2H3,(H,33,34,35)(H2,23,24,27,30)(H3,25,26,28,29,31,32). The summed E-state index contributed by atoms with van der Waals surface area (Å²) in [5.74, 6) is -0.0573. The van der Waals surface area contributed by atoms with E-state index in [-0.39, 0.29) is 30.6 Å². The van der Waals surface area contributed by atoms with E-state index in [0.29, 0.717) is 37.0 Å². The van der Waals surface area contributed by atoms with Gasteiger partial charge in [-0.25, -0.2) is 14.8 Å². The SMILES string of the molecule is Cc1cc(=O)[nH]c(NCNCCCCC(CNCCS(=O)(=O)O)NC(=O)Nc2nc(C)cc(=O)[nH]2)n1. The van der Waals surface area contributed by atoms with Crippen molar-refractivity contribution in [3.8, 4) is 0 Å². The van der Waals surface area contributed by atoms with Crippen LogP contribution in [0.4, 0.5) is 16.7 Å². The molecule has 2 amide bonds. The first kappa shape index (κ1) is 28.9. The summed E-state index contributed by atoms with van der Waals surface area (Å²) in [6.07, 6.45) is 2.08. The largest absolute Gasteiger partial charge is 0.343 e. The zero-order chi connectivity index (χ0) is 26.6. The van der Waals surface area contributed by atoms with Crippen molar-refractivity contribution in [3.05, 3.63) is 44.2 Å². The molecule has 2 heterocycles. The summed E-state index contributed by atoms with van der Waals surface area (Å²) in [4.78, 5) is 48.6. The molecule has 0 aliphatic rings. The maximum absolute atomic E-state index is 12.4. The Balaban J connectivity index is 1.77. The lowest BCUT2D eigenvalue weighted by molar-refractivity contribution is 0.246. The summed E-state index contributed by atoms with van der Waals surface area (Å²) >= 11 is 0.